The lowest BCUT2D eigenvalue weighted by Gasteiger charge is -2.41. The molecule has 5 nitrogen and oxygen atoms in total. The number of ketones is 1. The van der Waals surface area contributed by atoms with Gasteiger partial charge in [-0.25, -0.2) is 0 Å². The molecule has 1 amide bonds. The Hall–Kier alpha value is -2.21. The van der Waals surface area contributed by atoms with Crippen LogP contribution in [0, 0.1) is 0 Å². The number of Topliss-reactive ketones (excluding diaryl/α,β-unsaturated/α-hetero) is 1. The fraction of sp³-hybridized carbons (Fsp3) is 0.364. The summed E-state index contributed by atoms with van der Waals surface area (Å²) in [5, 5.41) is 3.92. The molecule has 2 heterocycles. The molecule has 1 fully saturated rings. The van der Waals surface area contributed by atoms with Crippen molar-refractivity contribution in [1.82, 2.24) is 10.2 Å². The van der Waals surface area contributed by atoms with E-state index in [1.165, 1.54) is 0 Å². The minimum Gasteiger partial charge on any atom is -0.331 e. The van der Waals surface area contributed by atoms with E-state index in [9.17, 15) is 9.59 Å². The second-order valence-electron chi connectivity index (χ2n) is 7.43. The van der Waals surface area contributed by atoms with E-state index in [0.717, 1.165) is 28.7 Å². The number of nitrogens with zero attached hydrogens (tertiary/aromatic N) is 1. The number of halogens is 1. The van der Waals surface area contributed by atoms with Crippen molar-refractivity contribution >= 4 is 23.3 Å². The first-order valence-electron chi connectivity index (χ1n) is 9.70. The van der Waals surface area contributed by atoms with E-state index in [-0.39, 0.29) is 23.8 Å². The van der Waals surface area contributed by atoms with Crippen molar-refractivity contribution in [3.8, 4) is 0 Å². The molecule has 0 saturated carbocycles. The standard InChI is InChI=1S/C22H24ClN3O2/c23-17-7-5-15(12-24)14(11-17)6-8-20(27)19-9-10-26(19)22(28)21-18-4-2-1-3-16(18)13-25-21/h1-5,7,11,19,21,25H,6,8-10,12-13,24H2/t19-,21?/m0/s1. The van der Waals surface area contributed by atoms with Gasteiger partial charge in [0, 0.05) is 31.1 Å². The Bertz CT molecular complexity index is 914. The highest BCUT2D eigenvalue weighted by molar-refractivity contribution is 6.30. The monoisotopic (exact) mass is 397 g/mol. The molecule has 2 atom stereocenters. The minimum atomic E-state index is -0.344. The third-order valence-corrected chi connectivity index (χ3v) is 6.05. The molecule has 1 unspecified atom stereocenters. The van der Waals surface area contributed by atoms with Crippen LogP contribution in [0.4, 0.5) is 0 Å². The van der Waals surface area contributed by atoms with Gasteiger partial charge in [0.25, 0.3) is 0 Å². The second-order valence-corrected chi connectivity index (χ2v) is 7.87. The number of likely N-dealkylation sites (tertiary alicyclic amines) is 1. The Morgan fingerprint density at radius 1 is 1.18 bits per heavy atom. The smallest absolute Gasteiger partial charge is 0.244 e. The number of carbonyl (C=O) groups is 2. The summed E-state index contributed by atoms with van der Waals surface area (Å²) in [6.07, 6.45) is 1.71. The number of fused-ring (bicyclic) bond motifs is 1. The molecule has 2 aliphatic rings. The molecular formula is C22H24ClN3O2. The molecule has 2 aliphatic heterocycles. The summed E-state index contributed by atoms with van der Waals surface area (Å²) in [5.41, 5.74) is 9.98. The molecule has 6 heteroatoms. The maximum Gasteiger partial charge on any atom is 0.244 e. The SMILES string of the molecule is NCc1ccc(Cl)cc1CCC(=O)[C@@H]1CCN1C(=O)C1NCc2ccccc21. The average Bonchev–Trinajstić information content (AvgIpc) is 3.10. The Kier molecular flexibility index (Phi) is 5.49. The second kappa shape index (κ2) is 8.03. The third kappa shape index (κ3) is 3.58. The van der Waals surface area contributed by atoms with Gasteiger partial charge < -0.3 is 10.6 Å². The maximum atomic E-state index is 13.0. The third-order valence-electron chi connectivity index (χ3n) is 5.81. The molecule has 0 aromatic heterocycles. The van der Waals surface area contributed by atoms with E-state index in [4.69, 9.17) is 17.3 Å². The first kappa shape index (κ1) is 19.1. The number of nitrogens with two attached hydrogens (primary N) is 1. The molecule has 2 aromatic carbocycles. The Labute approximate surface area is 169 Å². The first-order valence-corrected chi connectivity index (χ1v) is 10.1. The number of nitrogens with one attached hydrogen (secondary N) is 1. The van der Waals surface area contributed by atoms with Crippen LogP contribution in [0.5, 0.6) is 0 Å². The zero-order valence-corrected chi connectivity index (χ0v) is 16.4. The van der Waals surface area contributed by atoms with E-state index in [0.29, 0.717) is 37.5 Å². The summed E-state index contributed by atoms with van der Waals surface area (Å²) < 4.78 is 0. The van der Waals surface area contributed by atoms with Gasteiger partial charge in [0.1, 0.15) is 6.04 Å². The van der Waals surface area contributed by atoms with E-state index in [1.807, 2.05) is 42.5 Å². The van der Waals surface area contributed by atoms with Gasteiger partial charge in [-0.15, -0.1) is 0 Å². The summed E-state index contributed by atoms with van der Waals surface area (Å²) in [6.45, 7) is 1.75. The molecule has 0 bridgehead atoms. The highest BCUT2D eigenvalue weighted by Gasteiger charge is 2.41. The van der Waals surface area contributed by atoms with Crippen LogP contribution in [0.3, 0.4) is 0 Å². The predicted molar refractivity (Wildman–Crippen MR) is 109 cm³/mol. The Morgan fingerprint density at radius 3 is 2.75 bits per heavy atom. The van der Waals surface area contributed by atoms with Gasteiger partial charge in [-0.2, -0.15) is 0 Å². The van der Waals surface area contributed by atoms with Crippen LogP contribution in [0.1, 0.15) is 41.1 Å². The number of hydrogen-bond donors (Lipinski definition) is 2. The maximum absolute atomic E-state index is 13.0. The molecule has 0 aliphatic carbocycles. The predicted octanol–water partition coefficient (Wildman–Crippen LogP) is 2.75. The molecule has 0 radical (unpaired) electrons. The molecule has 1 saturated heterocycles. The summed E-state index contributed by atoms with van der Waals surface area (Å²) in [6, 6.07) is 12.9. The van der Waals surface area contributed by atoms with Crippen LogP contribution in [-0.2, 0) is 29.1 Å². The number of rotatable bonds is 6. The quantitative estimate of drug-likeness (QED) is 0.785. The summed E-state index contributed by atoms with van der Waals surface area (Å²) >= 11 is 6.08. The molecular weight excluding hydrogens is 374 g/mol. The molecule has 2 aromatic rings. The lowest BCUT2D eigenvalue weighted by Crippen LogP contribution is -2.57. The van der Waals surface area contributed by atoms with Crippen molar-refractivity contribution < 1.29 is 9.59 Å². The van der Waals surface area contributed by atoms with Crippen molar-refractivity contribution in [3.05, 3.63) is 69.7 Å². The Balaban J connectivity index is 1.40. The Morgan fingerprint density at radius 2 is 2.00 bits per heavy atom. The number of hydrogen-bond acceptors (Lipinski definition) is 4. The van der Waals surface area contributed by atoms with Gasteiger partial charge in [0.2, 0.25) is 5.91 Å². The topological polar surface area (TPSA) is 75.4 Å². The van der Waals surface area contributed by atoms with Crippen LogP contribution < -0.4 is 11.1 Å². The molecule has 28 heavy (non-hydrogen) atoms. The van der Waals surface area contributed by atoms with Crippen molar-refractivity contribution in [3.63, 3.8) is 0 Å². The van der Waals surface area contributed by atoms with Crippen molar-refractivity contribution in [2.45, 2.75) is 44.4 Å². The molecule has 146 valence electrons. The van der Waals surface area contributed by atoms with Gasteiger partial charge in [0.15, 0.2) is 5.78 Å². The first-order chi connectivity index (χ1) is 13.6. The van der Waals surface area contributed by atoms with Gasteiger partial charge in [-0.05, 0) is 47.2 Å². The average molecular weight is 398 g/mol. The summed E-state index contributed by atoms with van der Waals surface area (Å²) in [7, 11) is 0. The van der Waals surface area contributed by atoms with Crippen molar-refractivity contribution in [1.29, 1.82) is 0 Å². The van der Waals surface area contributed by atoms with Gasteiger partial charge >= 0.3 is 0 Å². The lowest BCUT2D eigenvalue weighted by atomic mass is 9.91. The summed E-state index contributed by atoms with van der Waals surface area (Å²) in [4.78, 5) is 27.5. The van der Waals surface area contributed by atoms with Gasteiger partial charge in [-0.1, -0.05) is 41.9 Å². The fourth-order valence-electron chi connectivity index (χ4n) is 4.12. The number of benzene rings is 2. The van der Waals surface area contributed by atoms with Gasteiger partial charge in [0.05, 0.1) is 6.04 Å². The molecule has 3 N–H and O–H groups in total. The van der Waals surface area contributed by atoms with E-state index < -0.39 is 0 Å². The largest absolute Gasteiger partial charge is 0.331 e. The normalized spacial score (nSPS) is 20.6. The highest BCUT2D eigenvalue weighted by Crippen LogP contribution is 2.31. The molecule has 4 rings (SSSR count). The number of amides is 1. The van der Waals surface area contributed by atoms with E-state index in [1.54, 1.807) is 4.90 Å². The van der Waals surface area contributed by atoms with Crippen LogP contribution in [0.15, 0.2) is 42.5 Å². The zero-order chi connectivity index (χ0) is 19.7. The van der Waals surface area contributed by atoms with Crippen molar-refractivity contribution in [2.24, 2.45) is 5.73 Å². The van der Waals surface area contributed by atoms with Crippen LogP contribution in [-0.4, -0.2) is 29.2 Å². The minimum absolute atomic E-state index is 0.0000437. The highest BCUT2D eigenvalue weighted by atomic mass is 35.5. The van der Waals surface area contributed by atoms with Crippen LogP contribution in [0.2, 0.25) is 5.02 Å². The number of carbonyl (C=O) groups excluding carboxylic acids is 2. The summed E-state index contributed by atoms with van der Waals surface area (Å²) in [5.74, 6) is 0.105. The fourth-order valence-corrected chi connectivity index (χ4v) is 4.32. The number of aryl methyl sites for hydroxylation is 1. The van der Waals surface area contributed by atoms with Crippen molar-refractivity contribution in [2.75, 3.05) is 6.54 Å². The van der Waals surface area contributed by atoms with Crippen LogP contribution in [0.25, 0.3) is 0 Å². The van der Waals surface area contributed by atoms with E-state index >= 15 is 0 Å². The lowest BCUT2D eigenvalue weighted by molar-refractivity contribution is -0.148. The van der Waals surface area contributed by atoms with E-state index in [2.05, 4.69) is 5.32 Å². The zero-order valence-electron chi connectivity index (χ0n) is 15.7. The van der Waals surface area contributed by atoms with Gasteiger partial charge in [-0.3, -0.25) is 14.9 Å². The molecule has 0 spiro atoms. The van der Waals surface area contributed by atoms with Crippen LogP contribution >= 0.6 is 11.6 Å².